The van der Waals surface area contributed by atoms with Gasteiger partial charge in [0.25, 0.3) is 0 Å². The molecule has 16 heavy (non-hydrogen) atoms. The van der Waals surface area contributed by atoms with Crippen LogP contribution in [0.1, 0.15) is 26.2 Å². The lowest BCUT2D eigenvalue weighted by Gasteiger charge is -2.34. The maximum atomic E-state index is 12.1. The fraction of sp³-hybridized carbons (Fsp3) is 0.889. The molecule has 1 saturated heterocycles. The normalized spacial score (nSPS) is 25.2. The first-order valence-electron chi connectivity index (χ1n) is 5.41. The van der Waals surface area contributed by atoms with E-state index in [0.29, 0.717) is 13.0 Å². The van der Waals surface area contributed by atoms with E-state index in [-0.39, 0.29) is 6.54 Å². The summed E-state index contributed by atoms with van der Waals surface area (Å²) in [7, 11) is -3.50. The lowest BCUT2D eigenvalue weighted by atomic mass is 10.0. The molecule has 0 saturated carbocycles. The predicted octanol–water partition coefficient (Wildman–Crippen LogP) is -0.997. The van der Waals surface area contributed by atoms with E-state index < -0.39 is 27.2 Å². The first kappa shape index (κ1) is 13.4. The second kappa shape index (κ2) is 5.11. The molecule has 1 heterocycles. The Bertz CT molecular complexity index is 355. The monoisotopic (exact) mass is 249 g/mol. The number of carbonyl (C=O) groups excluding carboxylic acids is 1. The standard InChI is InChI=1S/C9H19N3O3S/c1-7(6-10)16(14,15)12-5-3-2-4-8(12)9(11)13/h7-8H,2-6,10H2,1H3,(H2,11,13). The van der Waals surface area contributed by atoms with Crippen LogP contribution < -0.4 is 11.5 Å². The smallest absolute Gasteiger partial charge is 0.235 e. The van der Waals surface area contributed by atoms with E-state index in [1.165, 1.54) is 4.31 Å². The summed E-state index contributed by atoms with van der Waals surface area (Å²) in [5.74, 6) is -0.576. The molecule has 0 aromatic heterocycles. The second-order valence-electron chi connectivity index (χ2n) is 4.12. The third kappa shape index (κ3) is 2.53. The fourth-order valence-corrected chi connectivity index (χ4v) is 3.50. The van der Waals surface area contributed by atoms with E-state index in [1.54, 1.807) is 6.92 Å². The highest BCUT2D eigenvalue weighted by Crippen LogP contribution is 2.22. The van der Waals surface area contributed by atoms with Crippen LogP contribution in [-0.4, -0.2) is 43.0 Å². The van der Waals surface area contributed by atoms with Crippen LogP contribution in [0.5, 0.6) is 0 Å². The largest absolute Gasteiger partial charge is 0.368 e. The summed E-state index contributed by atoms with van der Waals surface area (Å²) in [6.45, 7) is 1.95. The van der Waals surface area contributed by atoms with Crippen molar-refractivity contribution in [3.05, 3.63) is 0 Å². The molecule has 4 N–H and O–H groups in total. The molecule has 2 unspecified atom stereocenters. The quantitative estimate of drug-likeness (QED) is 0.666. The summed E-state index contributed by atoms with van der Waals surface area (Å²) < 4.78 is 25.4. The van der Waals surface area contributed by atoms with Crippen LogP contribution in [0, 0.1) is 0 Å². The molecule has 0 aliphatic carbocycles. The Morgan fingerprint density at radius 2 is 2.12 bits per heavy atom. The zero-order valence-corrected chi connectivity index (χ0v) is 10.2. The van der Waals surface area contributed by atoms with Gasteiger partial charge in [-0.05, 0) is 19.8 Å². The van der Waals surface area contributed by atoms with Crippen molar-refractivity contribution in [2.45, 2.75) is 37.5 Å². The SMILES string of the molecule is CC(CN)S(=O)(=O)N1CCCCC1C(N)=O. The summed E-state index contributed by atoms with van der Waals surface area (Å²) in [5, 5.41) is -0.674. The molecule has 6 nitrogen and oxygen atoms in total. The number of carbonyl (C=O) groups is 1. The molecule has 0 bridgehead atoms. The first-order valence-corrected chi connectivity index (χ1v) is 6.91. The Morgan fingerprint density at radius 3 is 2.62 bits per heavy atom. The zero-order chi connectivity index (χ0) is 12.3. The Balaban J connectivity index is 2.95. The number of hydrogen-bond acceptors (Lipinski definition) is 4. The number of primary amides is 1. The molecule has 94 valence electrons. The van der Waals surface area contributed by atoms with E-state index in [1.807, 2.05) is 0 Å². The van der Waals surface area contributed by atoms with Gasteiger partial charge in [-0.15, -0.1) is 0 Å². The number of nitrogens with two attached hydrogens (primary N) is 2. The van der Waals surface area contributed by atoms with Crippen LogP contribution >= 0.6 is 0 Å². The topological polar surface area (TPSA) is 106 Å². The van der Waals surface area contributed by atoms with Crippen LogP contribution in [0.25, 0.3) is 0 Å². The highest BCUT2D eigenvalue weighted by atomic mass is 32.2. The lowest BCUT2D eigenvalue weighted by Crippen LogP contribution is -2.53. The third-order valence-electron chi connectivity index (χ3n) is 2.95. The molecule has 1 rings (SSSR count). The van der Waals surface area contributed by atoms with Crippen LogP contribution in [0.15, 0.2) is 0 Å². The summed E-state index contributed by atoms with van der Waals surface area (Å²) in [4.78, 5) is 11.2. The highest BCUT2D eigenvalue weighted by molar-refractivity contribution is 7.89. The molecule has 1 fully saturated rings. The average Bonchev–Trinajstić information content (AvgIpc) is 2.27. The van der Waals surface area contributed by atoms with Crippen molar-refractivity contribution in [1.82, 2.24) is 4.31 Å². The van der Waals surface area contributed by atoms with Gasteiger partial charge in [0.15, 0.2) is 0 Å². The Labute approximate surface area is 96.0 Å². The molecule has 1 amide bonds. The number of hydrogen-bond donors (Lipinski definition) is 2. The van der Waals surface area contributed by atoms with Crippen molar-refractivity contribution in [3.8, 4) is 0 Å². The zero-order valence-electron chi connectivity index (χ0n) is 9.43. The summed E-state index contributed by atoms with van der Waals surface area (Å²) in [6.07, 6.45) is 2.10. The molecule has 1 aliphatic rings. The van der Waals surface area contributed by atoms with Gasteiger partial charge in [-0.3, -0.25) is 4.79 Å². The number of rotatable bonds is 4. The first-order chi connectivity index (χ1) is 7.41. The molecule has 7 heteroatoms. The fourth-order valence-electron chi connectivity index (χ4n) is 1.85. The Morgan fingerprint density at radius 1 is 1.50 bits per heavy atom. The maximum absolute atomic E-state index is 12.1. The van der Waals surface area contributed by atoms with E-state index in [4.69, 9.17) is 11.5 Å². The van der Waals surface area contributed by atoms with E-state index in [0.717, 1.165) is 12.8 Å². The van der Waals surface area contributed by atoms with E-state index >= 15 is 0 Å². The van der Waals surface area contributed by atoms with Gasteiger partial charge >= 0.3 is 0 Å². The van der Waals surface area contributed by atoms with Crippen molar-refractivity contribution in [2.75, 3.05) is 13.1 Å². The molecule has 0 spiro atoms. The minimum atomic E-state index is -3.50. The van der Waals surface area contributed by atoms with Crippen LogP contribution in [0.4, 0.5) is 0 Å². The minimum absolute atomic E-state index is 0.0459. The molecule has 0 radical (unpaired) electrons. The molecule has 0 aromatic carbocycles. The average molecular weight is 249 g/mol. The van der Waals surface area contributed by atoms with Crippen LogP contribution in [0.3, 0.4) is 0 Å². The van der Waals surface area contributed by atoms with Gasteiger partial charge in [0.2, 0.25) is 15.9 Å². The number of nitrogens with zero attached hydrogens (tertiary/aromatic N) is 1. The van der Waals surface area contributed by atoms with Crippen molar-refractivity contribution in [1.29, 1.82) is 0 Å². The minimum Gasteiger partial charge on any atom is -0.368 e. The Kier molecular flexibility index (Phi) is 4.28. The van der Waals surface area contributed by atoms with Crippen molar-refractivity contribution in [3.63, 3.8) is 0 Å². The van der Waals surface area contributed by atoms with Gasteiger partial charge in [-0.1, -0.05) is 6.42 Å². The van der Waals surface area contributed by atoms with Gasteiger partial charge in [-0.25, -0.2) is 8.42 Å². The molecular formula is C9H19N3O3S. The second-order valence-corrected chi connectivity index (χ2v) is 6.42. The summed E-state index contributed by atoms with van der Waals surface area (Å²) in [6, 6.07) is -0.701. The lowest BCUT2D eigenvalue weighted by molar-refractivity contribution is -0.122. The van der Waals surface area contributed by atoms with Gasteiger partial charge in [0.1, 0.15) is 6.04 Å². The van der Waals surface area contributed by atoms with Crippen molar-refractivity contribution < 1.29 is 13.2 Å². The molecule has 2 atom stereocenters. The number of sulfonamides is 1. The van der Waals surface area contributed by atoms with E-state index in [9.17, 15) is 13.2 Å². The molecule has 1 aliphatic heterocycles. The van der Waals surface area contributed by atoms with E-state index in [2.05, 4.69) is 0 Å². The predicted molar refractivity (Wildman–Crippen MR) is 61.0 cm³/mol. The number of amides is 1. The van der Waals surface area contributed by atoms with Gasteiger partial charge in [0, 0.05) is 13.1 Å². The van der Waals surface area contributed by atoms with Crippen molar-refractivity contribution >= 4 is 15.9 Å². The molecular weight excluding hydrogens is 230 g/mol. The van der Waals surface area contributed by atoms with Gasteiger partial charge in [-0.2, -0.15) is 4.31 Å². The third-order valence-corrected chi connectivity index (χ3v) is 5.25. The van der Waals surface area contributed by atoms with Crippen LogP contribution in [0.2, 0.25) is 0 Å². The summed E-state index contributed by atoms with van der Waals surface area (Å²) >= 11 is 0. The molecule has 0 aromatic rings. The highest BCUT2D eigenvalue weighted by Gasteiger charge is 2.37. The van der Waals surface area contributed by atoms with Crippen LogP contribution in [-0.2, 0) is 14.8 Å². The summed E-state index contributed by atoms with van der Waals surface area (Å²) in [5.41, 5.74) is 10.6. The number of piperidine rings is 1. The van der Waals surface area contributed by atoms with Gasteiger partial charge < -0.3 is 11.5 Å². The van der Waals surface area contributed by atoms with Gasteiger partial charge in [0.05, 0.1) is 5.25 Å². The van der Waals surface area contributed by atoms with Crippen molar-refractivity contribution in [2.24, 2.45) is 11.5 Å². The maximum Gasteiger partial charge on any atom is 0.235 e. The Hall–Kier alpha value is -0.660.